The minimum absolute atomic E-state index is 0.0600. The zero-order valence-electron chi connectivity index (χ0n) is 15.1. The predicted molar refractivity (Wildman–Crippen MR) is 105 cm³/mol. The molecule has 26 heavy (non-hydrogen) atoms. The van der Waals surface area contributed by atoms with E-state index in [0.717, 1.165) is 24.3 Å². The molecule has 0 bridgehead atoms. The minimum atomic E-state index is -3.46. The van der Waals surface area contributed by atoms with Gasteiger partial charge in [-0.15, -0.1) is 11.3 Å². The van der Waals surface area contributed by atoms with Crippen LogP contribution in [0.3, 0.4) is 0 Å². The highest BCUT2D eigenvalue weighted by Gasteiger charge is 2.28. The Kier molecular flexibility index (Phi) is 6.31. The maximum absolute atomic E-state index is 12.5. The first kappa shape index (κ1) is 19.3. The summed E-state index contributed by atoms with van der Waals surface area (Å²) < 4.78 is 33.7. The fraction of sp³-hybridized carbons (Fsp3) is 0.444. The van der Waals surface area contributed by atoms with E-state index in [9.17, 15) is 8.42 Å². The van der Waals surface area contributed by atoms with E-state index >= 15 is 0 Å². The molecule has 1 aliphatic heterocycles. The quantitative estimate of drug-likeness (QED) is 0.725. The van der Waals surface area contributed by atoms with Gasteiger partial charge in [-0.2, -0.15) is 0 Å². The van der Waals surface area contributed by atoms with Crippen molar-refractivity contribution in [1.29, 1.82) is 0 Å². The Hall–Kier alpha value is -1.45. The van der Waals surface area contributed by atoms with E-state index in [4.69, 9.17) is 4.74 Å². The third kappa shape index (κ3) is 4.63. The number of thiophene rings is 1. The summed E-state index contributed by atoms with van der Waals surface area (Å²) in [6, 6.07) is 11.8. The molecule has 0 spiro atoms. The number of rotatable bonds is 7. The maximum atomic E-state index is 12.5. The van der Waals surface area contributed by atoms with Gasteiger partial charge in [0.1, 0.15) is 23.3 Å². The highest BCUT2D eigenvalue weighted by molar-refractivity contribution is 7.91. The van der Waals surface area contributed by atoms with Crippen LogP contribution in [0.25, 0.3) is 0 Å². The summed E-state index contributed by atoms with van der Waals surface area (Å²) in [5.74, 6) is 0. The summed E-state index contributed by atoms with van der Waals surface area (Å²) in [4.78, 5) is 3.41. The molecule has 1 atom stereocenters. The molecule has 0 aliphatic carbocycles. The Morgan fingerprint density at radius 2 is 1.88 bits per heavy atom. The number of anilines is 1. The lowest BCUT2D eigenvalue weighted by Gasteiger charge is -2.32. The van der Waals surface area contributed by atoms with Crippen LogP contribution in [0.2, 0.25) is 0 Å². The standard InChI is InChI=1S/C18H25N3O3S2/c1-20(2)16-7-5-15(6-8-16)17(21-9-11-24-12-10-21)14-19-26(22,23)18-4-3-13-25-18/h3-8,13,17,19H,9-12,14H2,1-2H3/p+1/t17-/m1/s1. The van der Waals surface area contributed by atoms with Crippen molar-refractivity contribution < 1.29 is 18.1 Å². The molecule has 0 amide bonds. The number of hydrogen-bond donors (Lipinski definition) is 2. The Labute approximate surface area is 159 Å². The van der Waals surface area contributed by atoms with Crippen LogP contribution in [0.4, 0.5) is 5.69 Å². The van der Waals surface area contributed by atoms with Crippen LogP contribution in [0, 0.1) is 0 Å². The van der Waals surface area contributed by atoms with Crippen molar-refractivity contribution in [3.63, 3.8) is 0 Å². The maximum Gasteiger partial charge on any atom is 0.250 e. The second-order valence-corrected chi connectivity index (χ2v) is 9.53. The van der Waals surface area contributed by atoms with E-state index in [1.807, 2.05) is 14.1 Å². The van der Waals surface area contributed by atoms with Gasteiger partial charge in [0.05, 0.1) is 19.8 Å². The predicted octanol–water partition coefficient (Wildman–Crippen LogP) is 0.749. The fourth-order valence-electron chi connectivity index (χ4n) is 3.17. The first-order valence-corrected chi connectivity index (χ1v) is 11.1. The number of quaternary nitrogens is 1. The Balaban J connectivity index is 1.79. The SMILES string of the molecule is CN(C)c1ccc([C@@H](CNS(=O)(=O)c2cccs2)[NH+]2CCOCC2)cc1. The molecule has 1 saturated heterocycles. The normalized spacial score (nSPS) is 17.2. The highest BCUT2D eigenvalue weighted by Crippen LogP contribution is 2.19. The van der Waals surface area contributed by atoms with Gasteiger partial charge < -0.3 is 14.5 Å². The lowest BCUT2D eigenvalue weighted by atomic mass is 10.0. The average Bonchev–Trinajstić information content (AvgIpc) is 3.19. The molecule has 8 heteroatoms. The summed E-state index contributed by atoms with van der Waals surface area (Å²) in [7, 11) is 0.553. The Bertz CT molecular complexity index is 784. The van der Waals surface area contributed by atoms with Crippen LogP contribution < -0.4 is 14.5 Å². The van der Waals surface area contributed by atoms with Gasteiger partial charge in [-0.05, 0) is 23.6 Å². The third-order valence-corrected chi connectivity index (χ3v) is 7.50. The molecule has 1 aliphatic rings. The van der Waals surface area contributed by atoms with Crippen molar-refractivity contribution in [1.82, 2.24) is 4.72 Å². The van der Waals surface area contributed by atoms with E-state index in [-0.39, 0.29) is 6.04 Å². The molecule has 2 aromatic rings. The van der Waals surface area contributed by atoms with Gasteiger partial charge in [-0.25, -0.2) is 13.1 Å². The van der Waals surface area contributed by atoms with Gasteiger partial charge in [0.15, 0.2) is 0 Å². The molecule has 2 N–H and O–H groups in total. The molecule has 1 aromatic carbocycles. The van der Waals surface area contributed by atoms with Crippen LogP contribution >= 0.6 is 11.3 Å². The molecule has 6 nitrogen and oxygen atoms in total. The van der Waals surface area contributed by atoms with E-state index in [1.165, 1.54) is 16.2 Å². The van der Waals surface area contributed by atoms with Crippen molar-refractivity contribution >= 4 is 27.0 Å². The van der Waals surface area contributed by atoms with Crippen molar-refractivity contribution in [2.75, 3.05) is 51.8 Å². The Morgan fingerprint density at radius 3 is 2.46 bits per heavy atom. The van der Waals surface area contributed by atoms with Crippen molar-refractivity contribution in [3.8, 4) is 0 Å². The summed E-state index contributed by atoms with van der Waals surface area (Å²) in [5, 5.41) is 1.78. The summed E-state index contributed by atoms with van der Waals surface area (Å²) in [6.45, 7) is 3.54. The molecule has 3 rings (SSSR count). The molecule has 0 saturated carbocycles. The number of sulfonamides is 1. The van der Waals surface area contributed by atoms with Gasteiger partial charge >= 0.3 is 0 Å². The van der Waals surface area contributed by atoms with Crippen LogP contribution in [-0.4, -0.2) is 55.4 Å². The van der Waals surface area contributed by atoms with Crippen LogP contribution in [0.1, 0.15) is 11.6 Å². The largest absolute Gasteiger partial charge is 0.378 e. The van der Waals surface area contributed by atoms with Gasteiger partial charge in [-0.1, -0.05) is 18.2 Å². The van der Waals surface area contributed by atoms with Gasteiger partial charge in [0.2, 0.25) is 10.0 Å². The molecular formula is C18H26N3O3S2+. The van der Waals surface area contributed by atoms with Crippen LogP contribution in [0.5, 0.6) is 0 Å². The molecule has 0 radical (unpaired) electrons. The van der Waals surface area contributed by atoms with Gasteiger partial charge in [0.25, 0.3) is 0 Å². The Morgan fingerprint density at radius 1 is 1.19 bits per heavy atom. The van der Waals surface area contributed by atoms with E-state index in [0.29, 0.717) is 24.0 Å². The number of ether oxygens (including phenoxy) is 1. The van der Waals surface area contributed by atoms with E-state index in [1.54, 1.807) is 17.5 Å². The molecule has 2 heterocycles. The lowest BCUT2D eigenvalue weighted by Crippen LogP contribution is -3.15. The molecule has 1 fully saturated rings. The number of morpholine rings is 1. The number of nitrogens with one attached hydrogen (secondary N) is 2. The first-order valence-electron chi connectivity index (χ1n) is 8.70. The van der Waals surface area contributed by atoms with Crippen molar-refractivity contribution in [2.24, 2.45) is 0 Å². The molecular weight excluding hydrogens is 370 g/mol. The van der Waals surface area contributed by atoms with Crippen LogP contribution in [-0.2, 0) is 14.8 Å². The van der Waals surface area contributed by atoms with E-state index in [2.05, 4.69) is 33.9 Å². The average molecular weight is 397 g/mol. The summed E-state index contributed by atoms with van der Waals surface area (Å²) in [5.41, 5.74) is 2.27. The molecule has 0 unspecified atom stereocenters. The number of benzene rings is 1. The number of nitrogens with zero attached hydrogens (tertiary/aromatic N) is 1. The van der Waals surface area contributed by atoms with Gasteiger partial charge in [-0.3, -0.25) is 0 Å². The zero-order valence-corrected chi connectivity index (χ0v) is 16.8. The monoisotopic (exact) mass is 396 g/mol. The zero-order chi connectivity index (χ0) is 18.6. The lowest BCUT2D eigenvalue weighted by molar-refractivity contribution is -0.937. The van der Waals surface area contributed by atoms with Gasteiger partial charge in [0, 0.05) is 25.3 Å². The van der Waals surface area contributed by atoms with Crippen molar-refractivity contribution in [2.45, 2.75) is 10.3 Å². The minimum Gasteiger partial charge on any atom is -0.378 e. The van der Waals surface area contributed by atoms with Crippen LogP contribution in [0.15, 0.2) is 46.0 Å². The highest BCUT2D eigenvalue weighted by atomic mass is 32.2. The summed E-state index contributed by atoms with van der Waals surface area (Å²) in [6.07, 6.45) is 0. The van der Waals surface area contributed by atoms with E-state index < -0.39 is 10.0 Å². The van der Waals surface area contributed by atoms with Crippen molar-refractivity contribution in [3.05, 3.63) is 47.3 Å². The number of hydrogen-bond acceptors (Lipinski definition) is 5. The summed E-state index contributed by atoms with van der Waals surface area (Å²) >= 11 is 1.24. The third-order valence-electron chi connectivity index (χ3n) is 4.68. The fourth-order valence-corrected chi connectivity index (χ4v) is 5.25. The molecule has 142 valence electrons. The second kappa shape index (κ2) is 8.49. The topological polar surface area (TPSA) is 63.1 Å². The smallest absolute Gasteiger partial charge is 0.250 e. The second-order valence-electron chi connectivity index (χ2n) is 6.59. The molecule has 1 aromatic heterocycles. The first-order chi connectivity index (χ1) is 12.5.